The maximum absolute atomic E-state index is 12.4. The standard InChI is InChI=1S/C20H25N3O2S/c1-12-8-9-15-16(10-12)26-20(18(15)19(21)25)23-17(24)11-22-13(2)14-6-4-3-5-7-14/h3-7,12-13,22H,8-11H2,1-2H3,(H2,21,25)(H,23,24)/p+1/t12-,13-/m1/s1. The number of hydrogen-bond donors (Lipinski definition) is 3. The van der Waals surface area contributed by atoms with Crippen molar-refractivity contribution in [1.82, 2.24) is 0 Å². The van der Waals surface area contributed by atoms with Crippen LogP contribution in [0, 0.1) is 5.92 Å². The van der Waals surface area contributed by atoms with E-state index in [2.05, 4.69) is 31.3 Å². The summed E-state index contributed by atoms with van der Waals surface area (Å²) in [7, 11) is 0. The molecule has 2 amide bonds. The minimum absolute atomic E-state index is 0.109. The fourth-order valence-electron chi connectivity index (χ4n) is 3.45. The molecule has 26 heavy (non-hydrogen) atoms. The third-order valence-corrected chi connectivity index (χ3v) is 6.16. The summed E-state index contributed by atoms with van der Waals surface area (Å²) in [6.07, 6.45) is 2.87. The zero-order valence-corrected chi connectivity index (χ0v) is 16.1. The van der Waals surface area contributed by atoms with Gasteiger partial charge in [-0.25, -0.2) is 0 Å². The highest BCUT2D eigenvalue weighted by molar-refractivity contribution is 7.17. The lowest BCUT2D eigenvalue weighted by Crippen LogP contribution is -2.86. The largest absolute Gasteiger partial charge is 0.365 e. The van der Waals surface area contributed by atoms with Crippen LogP contribution in [-0.2, 0) is 17.6 Å². The van der Waals surface area contributed by atoms with Gasteiger partial charge in [0.05, 0.1) is 5.56 Å². The normalized spacial score (nSPS) is 17.4. The minimum Gasteiger partial charge on any atom is -0.365 e. The molecule has 0 bridgehead atoms. The molecule has 1 aromatic carbocycles. The molecule has 6 heteroatoms. The van der Waals surface area contributed by atoms with Crippen LogP contribution in [0.1, 0.15) is 52.7 Å². The van der Waals surface area contributed by atoms with E-state index in [1.807, 2.05) is 23.5 Å². The van der Waals surface area contributed by atoms with E-state index in [0.29, 0.717) is 23.0 Å². The fourth-order valence-corrected chi connectivity index (χ4v) is 4.89. The molecule has 0 radical (unpaired) electrons. The topological polar surface area (TPSA) is 88.8 Å². The van der Waals surface area contributed by atoms with Gasteiger partial charge in [0, 0.05) is 10.4 Å². The molecule has 5 N–H and O–H groups in total. The number of anilines is 1. The van der Waals surface area contributed by atoms with Crippen molar-refractivity contribution in [3.8, 4) is 0 Å². The summed E-state index contributed by atoms with van der Waals surface area (Å²) in [5, 5.41) is 5.52. The van der Waals surface area contributed by atoms with Gasteiger partial charge in [0.1, 0.15) is 11.0 Å². The second kappa shape index (κ2) is 8.01. The molecule has 0 saturated carbocycles. The Morgan fingerprint density at radius 1 is 1.35 bits per heavy atom. The Morgan fingerprint density at radius 3 is 2.77 bits per heavy atom. The first-order chi connectivity index (χ1) is 12.5. The highest BCUT2D eigenvalue weighted by Crippen LogP contribution is 2.39. The van der Waals surface area contributed by atoms with Crippen LogP contribution < -0.4 is 16.4 Å². The van der Waals surface area contributed by atoms with Crippen molar-refractivity contribution >= 4 is 28.2 Å². The molecule has 0 unspecified atom stereocenters. The van der Waals surface area contributed by atoms with E-state index in [-0.39, 0.29) is 11.9 Å². The van der Waals surface area contributed by atoms with Crippen LogP contribution >= 0.6 is 11.3 Å². The lowest BCUT2D eigenvalue weighted by molar-refractivity contribution is -0.682. The number of carbonyl (C=O) groups excluding carboxylic acids is 2. The summed E-state index contributed by atoms with van der Waals surface area (Å²) in [6.45, 7) is 4.58. The van der Waals surface area contributed by atoms with Crippen molar-refractivity contribution in [2.24, 2.45) is 11.7 Å². The first kappa shape index (κ1) is 18.6. The molecule has 2 atom stereocenters. The Morgan fingerprint density at radius 2 is 2.08 bits per heavy atom. The summed E-state index contributed by atoms with van der Waals surface area (Å²) in [5.74, 6) is 0.0430. The number of rotatable bonds is 6. The van der Waals surface area contributed by atoms with Gasteiger partial charge < -0.3 is 16.4 Å². The highest BCUT2D eigenvalue weighted by atomic mass is 32.1. The van der Waals surface area contributed by atoms with Crippen molar-refractivity contribution in [2.75, 3.05) is 11.9 Å². The van der Waals surface area contributed by atoms with E-state index in [9.17, 15) is 9.59 Å². The lowest BCUT2D eigenvalue weighted by Gasteiger charge is -2.18. The number of hydrogen-bond acceptors (Lipinski definition) is 3. The number of benzene rings is 1. The van der Waals surface area contributed by atoms with Gasteiger partial charge in [0.25, 0.3) is 11.8 Å². The zero-order valence-electron chi connectivity index (χ0n) is 15.2. The summed E-state index contributed by atoms with van der Waals surface area (Å²) in [4.78, 5) is 25.5. The Bertz CT molecular complexity index is 801. The van der Waals surface area contributed by atoms with E-state index in [1.165, 1.54) is 21.8 Å². The average Bonchev–Trinajstić information content (AvgIpc) is 2.97. The number of fused-ring (bicyclic) bond motifs is 1. The van der Waals surface area contributed by atoms with Crippen molar-refractivity contribution in [2.45, 2.75) is 39.2 Å². The molecule has 1 aliphatic rings. The number of nitrogens with one attached hydrogen (secondary N) is 1. The quantitative estimate of drug-likeness (QED) is 0.726. The number of amides is 2. The average molecular weight is 373 g/mol. The van der Waals surface area contributed by atoms with Crippen molar-refractivity contribution in [3.05, 3.63) is 51.9 Å². The molecule has 0 aliphatic heterocycles. The SMILES string of the molecule is C[C@@H]1CCc2c(sc(NC(=O)C[NH2+][C@H](C)c3ccccc3)c2C(N)=O)C1. The van der Waals surface area contributed by atoms with E-state index in [1.54, 1.807) is 0 Å². The number of quaternary nitrogens is 1. The van der Waals surface area contributed by atoms with Crippen molar-refractivity contribution < 1.29 is 14.9 Å². The van der Waals surface area contributed by atoms with Crippen LogP contribution in [0.2, 0.25) is 0 Å². The van der Waals surface area contributed by atoms with Gasteiger partial charge in [-0.05, 0) is 37.7 Å². The molecule has 5 nitrogen and oxygen atoms in total. The van der Waals surface area contributed by atoms with Crippen LogP contribution in [-0.4, -0.2) is 18.4 Å². The predicted octanol–water partition coefficient (Wildman–Crippen LogP) is 2.23. The third kappa shape index (κ3) is 4.14. The van der Waals surface area contributed by atoms with Crippen LogP contribution in [0.5, 0.6) is 0 Å². The van der Waals surface area contributed by atoms with Gasteiger partial charge in [-0.15, -0.1) is 11.3 Å². The summed E-state index contributed by atoms with van der Waals surface area (Å²) in [6, 6.07) is 10.3. The molecule has 0 saturated heterocycles. The second-order valence-electron chi connectivity index (χ2n) is 7.11. The summed E-state index contributed by atoms with van der Waals surface area (Å²) >= 11 is 1.51. The Kier molecular flexibility index (Phi) is 5.74. The molecular formula is C20H26N3O2S+. The van der Waals surface area contributed by atoms with Gasteiger partial charge in [-0.2, -0.15) is 0 Å². The maximum Gasteiger partial charge on any atom is 0.280 e. The molecule has 1 aromatic heterocycles. The Balaban J connectivity index is 1.67. The van der Waals surface area contributed by atoms with E-state index in [0.717, 1.165) is 24.8 Å². The monoisotopic (exact) mass is 372 g/mol. The second-order valence-corrected chi connectivity index (χ2v) is 8.21. The minimum atomic E-state index is -0.450. The fraction of sp³-hybridized carbons (Fsp3) is 0.400. The molecule has 2 aromatic rings. The van der Waals surface area contributed by atoms with Gasteiger partial charge in [0.2, 0.25) is 0 Å². The lowest BCUT2D eigenvalue weighted by atomic mass is 9.88. The van der Waals surface area contributed by atoms with Crippen LogP contribution in [0.15, 0.2) is 30.3 Å². The third-order valence-electron chi connectivity index (χ3n) is 4.99. The van der Waals surface area contributed by atoms with Gasteiger partial charge in [-0.3, -0.25) is 9.59 Å². The van der Waals surface area contributed by atoms with Gasteiger partial charge in [-0.1, -0.05) is 37.3 Å². The molecule has 1 heterocycles. The van der Waals surface area contributed by atoms with Crippen LogP contribution in [0.3, 0.4) is 0 Å². The van der Waals surface area contributed by atoms with E-state index >= 15 is 0 Å². The number of thiophene rings is 1. The van der Waals surface area contributed by atoms with Crippen LogP contribution in [0.25, 0.3) is 0 Å². The van der Waals surface area contributed by atoms with Gasteiger partial charge >= 0.3 is 0 Å². The molecule has 1 aliphatic carbocycles. The number of nitrogens with two attached hydrogens (primary N) is 2. The predicted molar refractivity (Wildman–Crippen MR) is 104 cm³/mol. The molecule has 138 valence electrons. The molecular weight excluding hydrogens is 346 g/mol. The zero-order chi connectivity index (χ0) is 18.7. The van der Waals surface area contributed by atoms with E-state index < -0.39 is 5.91 Å². The van der Waals surface area contributed by atoms with Crippen molar-refractivity contribution in [1.29, 1.82) is 0 Å². The molecule has 0 fully saturated rings. The number of carbonyl (C=O) groups is 2. The summed E-state index contributed by atoms with van der Waals surface area (Å²) < 4.78 is 0. The van der Waals surface area contributed by atoms with E-state index in [4.69, 9.17) is 5.73 Å². The van der Waals surface area contributed by atoms with Crippen LogP contribution in [0.4, 0.5) is 5.00 Å². The Hall–Kier alpha value is -2.18. The number of primary amides is 1. The summed E-state index contributed by atoms with van der Waals surface area (Å²) in [5.41, 5.74) is 8.33. The van der Waals surface area contributed by atoms with Gasteiger partial charge in [0.15, 0.2) is 6.54 Å². The Labute approximate surface area is 158 Å². The smallest absolute Gasteiger partial charge is 0.280 e. The highest BCUT2D eigenvalue weighted by Gasteiger charge is 2.27. The van der Waals surface area contributed by atoms with Crippen molar-refractivity contribution in [3.63, 3.8) is 0 Å². The first-order valence-electron chi connectivity index (χ1n) is 9.08. The maximum atomic E-state index is 12.4. The first-order valence-corrected chi connectivity index (χ1v) is 9.89. The molecule has 0 spiro atoms. The molecule has 3 rings (SSSR count).